The Bertz CT molecular complexity index is 3230. The molecule has 0 spiro atoms. The Labute approximate surface area is 481 Å². The predicted molar refractivity (Wildman–Crippen MR) is 304 cm³/mol. The van der Waals surface area contributed by atoms with Gasteiger partial charge in [-0.1, -0.05) is 83.5 Å². The van der Waals surface area contributed by atoms with Gasteiger partial charge in [-0.2, -0.15) is 10.2 Å². The van der Waals surface area contributed by atoms with Crippen molar-refractivity contribution in [2.45, 2.75) is 51.4 Å². The number of fused-ring (bicyclic) bond motifs is 2. The molecule has 23 heteroatoms. The van der Waals surface area contributed by atoms with Crippen LogP contribution in [-0.4, -0.2) is 124 Å². The minimum absolute atomic E-state index is 0.182. The Morgan fingerprint density at radius 3 is 1.48 bits per heavy atom. The first-order chi connectivity index (χ1) is 38.1. The second kappa shape index (κ2) is 27.7. The van der Waals surface area contributed by atoms with Crippen molar-refractivity contribution in [1.29, 1.82) is 0 Å². The van der Waals surface area contributed by atoms with Crippen LogP contribution in [0.2, 0.25) is 20.1 Å². The van der Waals surface area contributed by atoms with Crippen LogP contribution in [0.1, 0.15) is 93.1 Å². The molecule has 10 rings (SSSR count). The minimum atomic E-state index is -0.773. The van der Waals surface area contributed by atoms with Crippen LogP contribution in [0.5, 0.6) is 0 Å². The number of carbonyl (C=O) groups is 4. The molecule has 416 valence electrons. The molecule has 0 saturated carbocycles. The van der Waals surface area contributed by atoms with Gasteiger partial charge in [0.2, 0.25) is 0 Å². The highest BCUT2D eigenvalue weighted by Crippen LogP contribution is 2.36. The quantitative estimate of drug-likeness (QED) is 0.124. The summed E-state index contributed by atoms with van der Waals surface area (Å²) < 4.78 is 39.4. The van der Waals surface area contributed by atoms with Crippen molar-refractivity contribution in [2.24, 2.45) is 0 Å². The van der Waals surface area contributed by atoms with Crippen molar-refractivity contribution in [2.75, 3.05) is 66.6 Å². The monoisotopic (exact) mass is 1180 g/mol. The van der Waals surface area contributed by atoms with Crippen LogP contribution in [0.25, 0.3) is 34.7 Å². The van der Waals surface area contributed by atoms with Crippen molar-refractivity contribution in [3.63, 3.8) is 0 Å². The number of rotatable bonds is 8. The van der Waals surface area contributed by atoms with E-state index in [0.717, 1.165) is 86.2 Å². The van der Waals surface area contributed by atoms with Crippen molar-refractivity contribution in [1.82, 2.24) is 50.6 Å². The van der Waals surface area contributed by atoms with E-state index >= 15 is 0 Å². The average Bonchev–Trinajstić information content (AvgIpc) is 4.02. The molecule has 0 bridgehead atoms. The zero-order chi connectivity index (χ0) is 56.2. The van der Waals surface area contributed by atoms with Crippen LogP contribution in [0.4, 0.5) is 18.4 Å². The van der Waals surface area contributed by atoms with Gasteiger partial charge in [0.15, 0.2) is 11.4 Å². The van der Waals surface area contributed by atoms with E-state index in [9.17, 15) is 28.0 Å². The number of amides is 3. The van der Waals surface area contributed by atoms with E-state index in [0.29, 0.717) is 86.5 Å². The molecule has 4 aromatic carbocycles. The molecule has 4 aliphatic rings. The van der Waals surface area contributed by atoms with Crippen LogP contribution in [0.3, 0.4) is 0 Å². The molecular formula is C56H57Cl5F2N10O6. The maximum absolute atomic E-state index is 13.7. The van der Waals surface area contributed by atoms with Gasteiger partial charge in [0.25, 0.3) is 11.8 Å². The molecule has 2 fully saturated rings. The Balaban J connectivity index is 0.000000193. The van der Waals surface area contributed by atoms with Crippen LogP contribution in [0, 0.1) is 11.6 Å². The van der Waals surface area contributed by atoms with Crippen molar-refractivity contribution in [3.8, 4) is 11.4 Å². The van der Waals surface area contributed by atoms with Crippen LogP contribution < -0.4 is 16.2 Å². The first-order valence-electron chi connectivity index (χ1n) is 25.6. The molecule has 0 radical (unpaired) electrons. The smallest absolute Gasteiger partial charge is 0.409 e. The largest absolute Gasteiger partial charge is 0.457 e. The molecule has 0 unspecified atom stereocenters. The lowest BCUT2D eigenvalue weighted by Gasteiger charge is -2.26. The van der Waals surface area contributed by atoms with E-state index < -0.39 is 11.5 Å². The molecule has 6 aromatic rings. The van der Waals surface area contributed by atoms with E-state index in [1.807, 2.05) is 22.2 Å². The van der Waals surface area contributed by atoms with Gasteiger partial charge in [-0.3, -0.25) is 20.4 Å². The number of halogens is 7. The molecule has 0 aliphatic carbocycles. The summed E-state index contributed by atoms with van der Waals surface area (Å²) in [5, 5.41) is 18.6. The molecule has 3 amide bonds. The average molecular weight is 1180 g/mol. The van der Waals surface area contributed by atoms with Gasteiger partial charge in [0, 0.05) is 72.0 Å². The number of nitrogens with one attached hydrogen (secondary N) is 3. The number of hydrazine groups is 2. The first kappa shape index (κ1) is 58.8. The maximum atomic E-state index is 13.7. The van der Waals surface area contributed by atoms with E-state index in [2.05, 4.69) is 32.5 Å². The highest BCUT2D eigenvalue weighted by atomic mass is 35.5. The normalized spacial score (nSPS) is 16.7. The third kappa shape index (κ3) is 15.1. The Hall–Kier alpha value is -6.35. The number of aromatic nitrogens is 4. The van der Waals surface area contributed by atoms with Gasteiger partial charge in [0.05, 0.1) is 53.6 Å². The molecule has 2 aromatic heterocycles. The zero-order valence-electron chi connectivity index (χ0n) is 43.3. The SMILES string of the molecule is COC(=O)Cl.COC(=O)N1CCc2c(C(=O)NN3CCCCC3)nn(-c3ccc(Cl)cc3Cl)c2/C(=C/c2ccc(F)cc2)C1.O=C(NN1CCCCC1)c1nn(-c2ccc(Cl)cc2Cl)c2c1CCNC/C2=C\c1ccc(F)cc1. The topological polar surface area (TPSA) is 168 Å². The molecule has 0 atom stereocenters. The number of hydrogen-bond acceptors (Lipinski definition) is 11. The Morgan fingerprint density at radius 2 is 1.04 bits per heavy atom. The number of benzene rings is 4. The highest BCUT2D eigenvalue weighted by molar-refractivity contribution is 6.61. The highest BCUT2D eigenvalue weighted by Gasteiger charge is 2.33. The van der Waals surface area contributed by atoms with Crippen LogP contribution >= 0.6 is 58.0 Å². The molecule has 6 heterocycles. The van der Waals surface area contributed by atoms with E-state index in [1.165, 1.54) is 44.9 Å². The molecular weight excluding hydrogens is 1120 g/mol. The van der Waals surface area contributed by atoms with Gasteiger partial charge in [-0.05, 0) is 140 Å². The van der Waals surface area contributed by atoms with Gasteiger partial charge < -0.3 is 19.7 Å². The lowest BCUT2D eigenvalue weighted by Crippen LogP contribution is -2.45. The number of carbonyl (C=O) groups excluding carboxylic acids is 4. The molecule has 3 N–H and O–H groups in total. The van der Waals surface area contributed by atoms with Crippen molar-refractivity contribution < 1.29 is 37.4 Å². The van der Waals surface area contributed by atoms with Crippen molar-refractivity contribution >= 4 is 105 Å². The lowest BCUT2D eigenvalue weighted by molar-refractivity contribution is 0.0736. The third-order valence-corrected chi connectivity index (χ3v) is 14.6. The summed E-state index contributed by atoms with van der Waals surface area (Å²) in [4.78, 5) is 50.6. The summed E-state index contributed by atoms with van der Waals surface area (Å²) in [5.74, 6) is -1.20. The standard InChI is InChI=1S/C28H28Cl2FN5O3.C26H26Cl2FN5O.C2H3ClO2/c1-39-28(38)34-14-11-22-25(27(37)33-35-12-3-2-4-13-35)32-36(24-10-7-20(29)16-23(24)30)26(22)19(17-34)15-18-5-8-21(31)9-6-18;27-19-6-9-23(22(28)15-19)34-25-18(14-17-4-7-20(29)8-5-17)16-30-11-10-21(25)24(31-34)26(35)32-33-12-2-1-3-13-33;1-5-2(3)4/h5-10,15-16H,2-4,11-14,17H2,1H3,(H,33,37);4-9,14-15,30H,1-3,10-13,16H2,(H,32,35);1H3/b19-15+;18-14+;. The second-order valence-corrected chi connectivity index (χ2v) is 20.8. The minimum Gasteiger partial charge on any atom is -0.457 e. The fraction of sp³-hybridized carbons (Fsp3) is 0.321. The van der Waals surface area contributed by atoms with E-state index in [-0.39, 0.29) is 35.7 Å². The van der Waals surface area contributed by atoms with Crippen LogP contribution in [-0.2, 0) is 22.3 Å². The van der Waals surface area contributed by atoms with Gasteiger partial charge in [0.1, 0.15) is 11.6 Å². The van der Waals surface area contributed by atoms with Crippen molar-refractivity contribution in [3.05, 3.63) is 162 Å². The molecule has 4 aliphatic heterocycles. The Kier molecular flexibility index (Phi) is 20.6. The molecule has 2 saturated heterocycles. The number of nitrogens with zero attached hydrogens (tertiary/aromatic N) is 7. The summed E-state index contributed by atoms with van der Waals surface area (Å²) in [6.45, 7) is 4.94. The van der Waals surface area contributed by atoms with Crippen LogP contribution in [0.15, 0.2) is 84.9 Å². The summed E-state index contributed by atoms with van der Waals surface area (Å²) in [6, 6.07) is 22.6. The third-order valence-electron chi connectivity index (χ3n) is 13.4. The lowest BCUT2D eigenvalue weighted by atomic mass is 10.0. The molecule has 16 nitrogen and oxygen atoms in total. The number of ether oxygens (including phenoxy) is 2. The summed E-state index contributed by atoms with van der Waals surface area (Å²) in [6.07, 6.45) is 10.8. The zero-order valence-corrected chi connectivity index (χ0v) is 47.1. The van der Waals surface area contributed by atoms with Gasteiger partial charge in [-0.15, -0.1) is 0 Å². The maximum Gasteiger partial charge on any atom is 0.409 e. The Morgan fingerprint density at radius 1 is 0.595 bits per heavy atom. The predicted octanol–water partition coefficient (Wildman–Crippen LogP) is 11.7. The fourth-order valence-electron chi connectivity index (χ4n) is 9.62. The summed E-state index contributed by atoms with van der Waals surface area (Å²) >= 11 is 30.1. The first-order valence-corrected chi connectivity index (χ1v) is 27.5. The van der Waals surface area contributed by atoms with E-state index in [4.69, 9.17) is 61.3 Å². The molecule has 79 heavy (non-hydrogen) atoms. The number of methoxy groups -OCH3 is 2. The summed E-state index contributed by atoms with van der Waals surface area (Å²) in [5.41, 5.74) is 13.2. The second-order valence-electron chi connectivity index (χ2n) is 18.8. The fourth-order valence-corrected chi connectivity index (χ4v) is 10.6. The van der Waals surface area contributed by atoms with Gasteiger partial charge in [-0.25, -0.2) is 37.8 Å². The number of hydrogen-bond donors (Lipinski definition) is 3. The number of piperidine rings is 2. The van der Waals surface area contributed by atoms with E-state index in [1.54, 1.807) is 74.9 Å². The summed E-state index contributed by atoms with van der Waals surface area (Å²) in [7, 11) is 2.55. The van der Waals surface area contributed by atoms with Gasteiger partial charge >= 0.3 is 11.5 Å².